The van der Waals surface area contributed by atoms with Crippen LogP contribution in [0, 0.1) is 0 Å². The van der Waals surface area contributed by atoms with E-state index in [0.29, 0.717) is 0 Å². The lowest BCUT2D eigenvalue weighted by molar-refractivity contribution is 0.160. The molecule has 0 heterocycles. The second-order valence-corrected chi connectivity index (χ2v) is 5.43. The summed E-state index contributed by atoms with van der Waals surface area (Å²) in [7, 11) is 4.35. The van der Waals surface area contributed by atoms with Gasteiger partial charge in [0.05, 0.1) is 0 Å². The molecule has 16 heavy (non-hydrogen) atoms. The highest BCUT2D eigenvalue weighted by Crippen LogP contribution is 2.21. The number of hydrogen-bond donors (Lipinski definition) is 0. The Labute approximate surface area is 102 Å². The molecule has 2 heteroatoms. The van der Waals surface area contributed by atoms with Crippen molar-refractivity contribution >= 4 is 0 Å². The highest BCUT2D eigenvalue weighted by atomic mass is 15.2. The summed E-state index contributed by atoms with van der Waals surface area (Å²) in [5.41, 5.74) is 0. The first-order chi connectivity index (χ1) is 7.74. The fraction of sp³-hybridized carbons (Fsp3) is 1.00. The van der Waals surface area contributed by atoms with Crippen LogP contribution < -0.4 is 0 Å². The van der Waals surface area contributed by atoms with E-state index in [2.05, 4.69) is 30.8 Å². The van der Waals surface area contributed by atoms with Crippen molar-refractivity contribution in [3.8, 4) is 0 Å². The molecule has 2 nitrogen and oxygen atoms in total. The van der Waals surface area contributed by atoms with Gasteiger partial charge < -0.3 is 4.90 Å². The van der Waals surface area contributed by atoms with Crippen molar-refractivity contribution in [2.45, 2.75) is 57.9 Å². The van der Waals surface area contributed by atoms with Crippen molar-refractivity contribution < 1.29 is 0 Å². The van der Waals surface area contributed by atoms with Gasteiger partial charge in [0.25, 0.3) is 0 Å². The molecular weight excluding hydrogens is 196 g/mol. The summed E-state index contributed by atoms with van der Waals surface area (Å²) in [6.07, 6.45) is 10.1. The van der Waals surface area contributed by atoms with Crippen LogP contribution in [0.5, 0.6) is 0 Å². The molecule has 0 aromatic rings. The Balaban J connectivity index is 2.35. The van der Waals surface area contributed by atoms with Crippen LogP contribution in [0.25, 0.3) is 0 Å². The monoisotopic (exact) mass is 226 g/mol. The van der Waals surface area contributed by atoms with Crippen LogP contribution in [-0.4, -0.2) is 49.6 Å². The van der Waals surface area contributed by atoms with Gasteiger partial charge in [0.2, 0.25) is 0 Å². The molecule has 0 bridgehead atoms. The Hall–Kier alpha value is -0.0800. The first-order valence-corrected chi connectivity index (χ1v) is 7.12. The standard InChI is InChI=1S/C14H30N2/c1-4-16(13-12-15(2)3)14-10-8-6-5-7-9-11-14/h14H,4-13H2,1-3H3. The molecule has 0 aromatic carbocycles. The summed E-state index contributed by atoms with van der Waals surface area (Å²) in [4.78, 5) is 5.00. The minimum Gasteiger partial charge on any atom is -0.308 e. The third kappa shape index (κ3) is 5.31. The van der Waals surface area contributed by atoms with Crippen LogP contribution in [0.1, 0.15) is 51.9 Å². The van der Waals surface area contributed by atoms with Crippen LogP contribution in [0.4, 0.5) is 0 Å². The minimum absolute atomic E-state index is 0.866. The Bertz CT molecular complexity index is 160. The van der Waals surface area contributed by atoms with Crippen molar-refractivity contribution in [2.75, 3.05) is 33.7 Å². The smallest absolute Gasteiger partial charge is 0.0112 e. The van der Waals surface area contributed by atoms with Gasteiger partial charge in [-0.15, -0.1) is 0 Å². The molecule has 0 saturated heterocycles. The van der Waals surface area contributed by atoms with E-state index < -0.39 is 0 Å². The molecule has 1 saturated carbocycles. The zero-order chi connectivity index (χ0) is 11.8. The summed E-state index contributed by atoms with van der Waals surface area (Å²) in [5, 5.41) is 0. The molecule has 0 aliphatic heterocycles. The van der Waals surface area contributed by atoms with Gasteiger partial charge in [-0.25, -0.2) is 0 Å². The maximum Gasteiger partial charge on any atom is 0.0112 e. The van der Waals surface area contributed by atoms with Crippen LogP contribution >= 0.6 is 0 Å². The van der Waals surface area contributed by atoms with Crippen molar-refractivity contribution in [2.24, 2.45) is 0 Å². The van der Waals surface area contributed by atoms with Crippen LogP contribution in [0.15, 0.2) is 0 Å². The van der Waals surface area contributed by atoms with E-state index >= 15 is 0 Å². The summed E-state index contributed by atoms with van der Waals surface area (Å²) in [6, 6.07) is 0.866. The summed E-state index contributed by atoms with van der Waals surface area (Å²) >= 11 is 0. The van der Waals surface area contributed by atoms with E-state index in [-0.39, 0.29) is 0 Å². The average Bonchev–Trinajstić information content (AvgIpc) is 2.20. The molecule has 1 rings (SSSR count). The molecule has 1 fully saturated rings. The van der Waals surface area contributed by atoms with E-state index in [4.69, 9.17) is 0 Å². The molecule has 0 radical (unpaired) electrons. The van der Waals surface area contributed by atoms with Gasteiger partial charge in [-0.05, 0) is 33.5 Å². The highest BCUT2D eigenvalue weighted by molar-refractivity contribution is 4.73. The van der Waals surface area contributed by atoms with E-state index in [1.54, 1.807) is 0 Å². The van der Waals surface area contributed by atoms with E-state index in [1.807, 2.05) is 0 Å². The quantitative estimate of drug-likeness (QED) is 0.711. The summed E-state index contributed by atoms with van der Waals surface area (Å²) in [6.45, 7) is 5.98. The average molecular weight is 226 g/mol. The minimum atomic E-state index is 0.866. The highest BCUT2D eigenvalue weighted by Gasteiger charge is 2.17. The van der Waals surface area contributed by atoms with Crippen LogP contribution in [-0.2, 0) is 0 Å². The maximum atomic E-state index is 2.70. The molecule has 96 valence electrons. The van der Waals surface area contributed by atoms with Gasteiger partial charge in [0.15, 0.2) is 0 Å². The van der Waals surface area contributed by atoms with E-state index in [9.17, 15) is 0 Å². The third-order valence-corrected chi connectivity index (χ3v) is 3.83. The molecule has 0 unspecified atom stereocenters. The first kappa shape index (κ1) is 14.0. The zero-order valence-corrected chi connectivity index (χ0v) is 11.5. The van der Waals surface area contributed by atoms with Gasteiger partial charge in [-0.1, -0.05) is 39.0 Å². The molecule has 1 aliphatic rings. The normalized spacial score (nSPS) is 20.1. The second-order valence-electron chi connectivity index (χ2n) is 5.43. The van der Waals surface area contributed by atoms with Gasteiger partial charge >= 0.3 is 0 Å². The predicted molar refractivity (Wildman–Crippen MR) is 71.9 cm³/mol. The molecule has 0 atom stereocenters. The second kappa shape index (κ2) is 8.08. The number of hydrogen-bond acceptors (Lipinski definition) is 2. The maximum absolute atomic E-state index is 2.70. The van der Waals surface area contributed by atoms with Crippen LogP contribution in [0.2, 0.25) is 0 Å². The van der Waals surface area contributed by atoms with Crippen molar-refractivity contribution in [3.05, 3.63) is 0 Å². The number of likely N-dealkylation sites (N-methyl/N-ethyl adjacent to an activating group) is 2. The Morgan fingerprint density at radius 2 is 1.44 bits per heavy atom. The lowest BCUT2D eigenvalue weighted by Crippen LogP contribution is -2.39. The summed E-state index contributed by atoms with van der Waals surface area (Å²) < 4.78 is 0. The topological polar surface area (TPSA) is 6.48 Å². The lowest BCUT2D eigenvalue weighted by Gasteiger charge is -2.33. The van der Waals surface area contributed by atoms with E-state index in [0.717, 1.165) is 6.04 Å². The zero-order valence-electron chi connectivity index (χ0n) is 11.5. The third-order valence-electron chi connectivity index (χ3n) is 3.83. The first-order valence-electron chi connectivity index (χ1n) is 7.12. The van der Waals surface area contributed by atoms with Gasteiger partial charge in [-0.2, -0.15) is 0 Å². The van der Waals surface area contributed by atoms with Gasteiger partial charge in [0, 0.05) is 19.1 Å². The largest absolute Gasteiger partial charge is 0.308 e. The van der Waals surface area contributed by atoms with Gasteiger partial charge in [0.1, 0.15) is 0 Å². The molecule has 0 spiro atoms. The van der Waals surface area contributed by atoms with Crippen molar-refractivity contribution in [1.29, 1.82) is 0 Å². The summed E-state index contributed by atoms with van der Waals surface area (Å²) in [5.74, 6) is 0. The van der Waals surface area contributed by atoms with E-state index in [1.165, 1.54) is 64.6 Å². The fourth-order valence-corrected chi connectivity index (χ4v) is 2.73. The Kier molecular flexibility index (Phi) is 7.06. The SMILES string of the molecule is CCN(CCN(C)C)C1CCCCCCC1. The molecule has 0 N–H and O–H groups in total. The van der Waals surface area contributed by atoms with Crippen molar-refractivity contribution in [1.82, 2.24) is 9.80 Å². The van der Waals surface area contributed by atoms with Crippen molar-refractivity contribution in [3.63, 3.8) is 0 Å². The fourth-order valence-electron chi connectivity index (χ4n) is 2.73. The molecule has 1 aliphatic carbocycles. The van der Waals surface area contributed by atoms with Gasteiger partial charge in [-0.3, -0.25) is 4.90 Å². The molecule has 0 aromatic heterocycles. The Morgan fingerprint density at radius 3 is 1.94 bits per heavy atom. The number of rotatable bonds is 5. The predicted octanol–water partition coefficient (Wildman–Crippen LogP) is 2.98. The lowest BCUT2D eigenvalue weighted by atomic mass is 9.95. The van der Waals surface area contributed by atoms with Crippen LogP contribution in [0.3, 0.4) is 0 Å². The number of nitrogens with zero attached hydrogens (tertiary/aromatic N) is 2. The Morgan fingerprint density at radius 1 is 0.875 bits per heavy atom. The molecular formula is C14H30N2. The molecule has 0 amide bonds.